The molecule has 1 atom stereocenters. The van der Waals surface area contributed by atoms with Crippen LogP contribution in [0.25, 0.3) is 5.76 Å². The van der Waals surface area contributed by atoms with Crippen molar-refractivity contribution in [2.24, 2.45) is 0 Å². The standard InChI is InChI=1S/C28H28N2O6S/c1-6-17-8-10-18(11-9-17)22-21(23(31)19-12-13-20(35-5)15(3)14-19)24(32)26(33)30(22)28-29-16(4)25(37-28)27(34)36-7-2/h8-14,22,31H,6-7H2,1-5H3/b23-21+/t22-/m0/s1. The first-order valence-electron chi connectivity index (χ1n) is 11.9. The van der Waals surface area contributed by atoms with Gasteiger partial charge in [-0.2, -0.15) is 0 Å². The van der Waals surface area contributed by atoms with Crippen molar-refractivity contribution in [1.82, 2.24) is 4.98 Å². The number of ketones is 1. The second-order valence-electron chi connectivity index (χ2n) is 8.58. The number of thiazole rings is 1. The molecule has 2 heterocycles. The number of amides is 1. The molecule has 0 aliphatic carbocycles. The van der Waals surface area contributed by atoms with Crippen molar-refractivity contribution in [2.45, 2.75) is 40.2 Å². The molecule has 192 valence electrons. The maximum absolute atomic E-state index is 13.4. The number of methoxy groups -OCH3 is 1. The van der Waals surface area contributed by atoms with Gasteiger partial charge in [-0.1, -0.05) is 42.5 Å². The van der Waals surface area contributed by atoms with Gasteiger partial charge in [-0.25, -0.2) is 9.78 Å². The van der Waals surface area contributed by atoms with Crippen molar-refractivity contribution in [3.63, 3.8) is 0 Å². The summed E-state index contributed by atoms with van der Waals surface area (Å²) < 4.78 is 10.4. The van der Waals surface area contributed by atoms with Crippen LogP contribution in [0.3, 0.4) is 0 Å². The van der Waals surface area contributed by atoms with Gasteiger partial charge in [-0.3, -0.25) is 14.5 Å². The fourth-order valence-electron chi connectivity index (χ4n) is 4.33. The number of Topliss-reactive ketones (excluding diaryl/α,β-unsaturated/α-hetero) is 1. The van der Waals surface area contributed by atoms with Gasteiger partial charge in [0.25, 0.3) is 5.78 Å². The Morgan fingerprint density at radius 2 is 1.81 bits per heavy atom. The first-order valence-corrected chi connectivity index (χ1v) is 12.7. The van der Waals surface area contributed by atoms with Crippen LogP contribution in [0.1, 0.15) is 57.5 Å². The number of hydrogen-bond donors (Lipinski definition) is 1. The van der Waals surface area contributed by atoms with Crippen LogP contribution < -0.4 is 9.64 Å². The second kappa shape index (κ2) is 10.6. The van der Waals surface area contributed by atoms with E-state index in [2.05, 4.69) is 4.98 Å². The summed E-state index contributed by atoms with van der Waals surface area (Å²) in [5.41, 5.74) is 3.21. The lowest BCUT2D eigenvalue weighted by Crippen LogP contribution is -2.29. The van der Waals surface area contributed by atoms with Crippen LogP contribution in [0.15, 0.2) is 48.0 Å². The lowest BCUT2D eigenvalue weighted by molar-refractivity contribution is -0.132. The van der Waals surface area contributed by atoms with Gasteiger partial charge in [0.1, 0.15) is 16.4 Å². The number of nitrogens with zero attached hydrogens (tertiary/aromatic N) is 2. The number of carbonyl (C=O) groups is 3. The molecule has 1 saturated heterocycles. The molecule has 1 aliphatic heterocycles. The predicted molar refractivity (Wildman–Crippen MR) is 141 cm³/mol. The molecule has 8 nitrogen and oxygen atoms in total. The number of aromatic nitrogens is 1. The van der Waals surface area contributed by atoms with Gasteiger partial charge >= 0.3 is 11.9 Å². The molecule has 1 fully saturated rings. The van der Waals surface area contributed by atoms with Crippen molar-refractivity contribution < 1.29 is 29.0 Å². The van der Waals surface area contributed by atoms with Crippen molar-refractivity contribution in [2.75, 3.05) is 18.6 Å². The van der Waals surface area contributed by atoms with Gasteiger partial charge in [-0.05, 0) is 62.1 Å². The zero-order valence-electron chi connectivity index (χ0n) is 21.3. The minimum Gasteiger partial charge on any atom is -0.507 e. The van der Waals surface area contributed by atoms with E-state index in [1.807, 2.05) is 38.1 Å². The van der Waals surface area contributed by atoms with Gasteiger partial charge < -0.3 is 14.6 Å². The summed E-state index contributed by atoms with van der Waals surface area (Å²) >= 11 is 0.980. The molecule has 1 N–H and O–H groups in total. The predicted octanol–water partition coefficient (Wildman–Crippen LogP) is 5.13. The molecule has 2 aromatic carbocycles. The van der Waals surface area contributed by atoms with E-state index < -0.39 is 23.7 Å². The molecule has 1 amide bonds. The number of ether oxygens (including phenoxy) is 2. The minimum atomic E-state index is -0.936. The summed E-state index contributed by atoms with van der Waals surface area (Å²) in [5, 5.41) is 11.5. The topological polar surface area (TPSA) is 106 Å². The zero-order chi connectivity index (χ0) is 26.9. The normalized spacial score (nSPS) is 16.8. The van der Waals surface area contributed by atoms with Crippen molar-refractivity contribution in [3.8, 4) is 5.75 Å². The lowest BCUT2D eigenvalue weighted by Gasteiger charge is -2.23. The highest BCUT2D eigenvalue weighted by Crippen LogP contribution is 2.44. The highest BCUT2D eigenvalue weighted by molar-refractivity contribution is 7.17. The molecule has 0 unspecified atom stereocenters. The van der Waals surface area contributed by atoms with Crippen LogP contribution in [0.4, 0.5) is 5.13 Å². The smallest absolute Gasteiger partial charge is 0.350 e. The summed E-state index contributed by atoms with van der Waals surface area (Å²) in [6, 6.07) is 11.6. The Balaban J connectivity index is 1.91. The molecule has 3 aromatic rings. The Labute approximate surface area is 219 Å². The molecule has 1 aliphatic rings. The third-order valence-electron chi connectivity index (χ3n) is 6.27. The number of anilines is 1. The van der Waals surface area contributed by atoms with Gasteiger partial charge in [0.15, 0.2) is 5.13 Å². The molecule has 0 bridgehead atoms. The van der Waals surface area contributed by atoms with Gasteiger partial charge in [-0.15, -0.1) is 0 Å². The quantitative estimate of drug-likeness (QED) is 0.199. The number of benzene rings is 2. The van der Waals surface area contributed by atoms with Crippen LogP contribution in [0, 0.1) is 13.8 Å². The second-order valence-corrected chi connectivity index (χ2v) is 9.56. The third-order valence-corrected chi connectivity index (χ3v) is 7.41. The van der Waals surface area contributed by atoms with E-state index in [0.717, 1.165) is 28.9 Å². The third kappa shape index (κ3) is 4.74. The molecular weight excluding hydrogens is 492 g/mol. The van der Waals surface area contributed by atoms with Crippen molar-refractivity contribution >= 4 is 39.9 Å². The van der Waals surface area contributed by atoms with E-state index in [4.69, 9.17) is 9.47 Å². The molecule has 0 radical (unpaired) electrons. The summed E-state index contributed by atoms with van der Waals surface area (Å²) in [4.78, 5) is 45.2. The summed E-state index contributed by atoms with van der Waals surface area (Å²) in [7, 11) is 1.55. The average Bonchev–Trinajstić information content (AvgIpc) is 3.40. The molecule has 1 aromatic heterocycles. The fraction of sp³-hybridized carbons (Fsp3) is 0.286. The van der Waals surface area contributed by atoms with Crippen molar-refractivity contribution in [3.05, 3.63) is 80.9 Å². The maximum atomic E-state index is 13.4. The van der Waals surface area contributed by atoms with Crippen molar-refractivity contribution in [1.29, 1.82) is 0 Å². The van der Waals surface area contributed by atoms with Crippen LogP contribution in [0.2, 0.25) is 0 Å². The van der Waals surface area contributed by atoms with Crippen LogP contribution in [0.5, 0.6) is 5.75 Å². The maximum Gasteiger partial charge on any atom is 0.350 e. The first-order chi connectivity index (χ1) is 17.7. The molecular formula is C28H28N2O6S. The Hall–Kier alpha value is -3.98. The highest BCUT2D eigenvalue weighted by atomic mass is 32.1. The monoisotopic (exact) mass is 520 g/mol. The molecule has 0 saturated carbocycles. The number of hydrogen-bond acceptors (Lipinski definition) is 8. The number of rotatable bonds is 7. The lowest BCUT2D eigenvalue weighted by atomic mass is 9.94. The number of carbonyl (C=O) groups excluding carboxylic acids is 3. The molecule has 4 rings (SSSR count). The Morgan fingerprint density at radius 1 is 1.11 bits per heavy atom. The van der Waals surface area contributed by atoms with Gasteiger partial charge in [0, 0.05) is 5.56 Å². The molecule has 9 heteroatoms. The van der Waals surface area contributed by atoms with Crippen LogP contribution >= 0.6 is 11.3 Å². The Kier molecular flexibility index (Phi) is 7.45. The van der Waals surface area contributed by atoms with E-state index in [0.29, 0.717) is 22.6 Å². The van der Waals surface area contributed by atoms with E-state index in [1.165, 1.54) is 4.90 Å². The number of aliphatic hydroxyl groups excluding tert-OH is 1. The summed E-state index contributed by atoms with van der Waals surface area (Å²) in [5.74, 6) is -1.87. The number of aryl methyl sites for hydroxylation is 3. The van der Waals surface area contributed by atoms with Crippen LogP contribution in [-0.2, 0) is 20.7 Å². The summed E-state index contributed by atoms with van der Waals surface area (Å²) in [6.07, 6.45) is 0.820. The summed E-state index contributed by atoms with van der Waals surface area (Å²) in [6.45, 7) is 7.40. The van der Waals surface area contributed by atoms with Gasteiger partial charge in [0.05, 0.1) is 31.0 Å². The Bertz CT molecular complexity index is 1410. The first kappa shape index (κ1) is 26.1. The fourth-order valence-corrected chi connectivity index (χ4v) is 5.32. The van der Waals surface area contributed by atoms with E-state index >= 15 is 0 Å². The minimum absolute atomic E-state index is 0.0515. The highest BCUT2D eigenvalue weighted by Gasteiger charge is 2.48. The SMILES string of the molecule is CCOC(=O)c1sc(N2C(=O)C(=O)/C(=C(/O)c3ccc(OC)c(C)c3)[C@@H]2c2ccc(CC)cc2)nc1C. The molecule has 0 spiro atoms. The van der Waals surface area contributed by atoms with E-state index in [9.17, 15) is 19.5 Å². The average molecular weight is 521 g/mol. The van der Waals surface area contributed by atoms with Gasteiger partial charge in [0.2, 0.25) is 0 Å². The largest absolute Gasteiger partial charge is 0.507 e. The zero-order valence-corrected chi connectivity index (χ0v) is 22.1. The van der Waals surface area contributed by atoms with E-state index in [1.54, 1.807) is 39.2 Å². The number of esters is 1. The number of aliphatic hydroxyl groups is 1. The van der Waals surface area contributed by atoms with E-state index in [-0.39, 0.29) is 27.9 Å². The van der Waals surface area contributed by atoms with Crippen LogP contribution in [-0.4, -0.2) is 41.5 Å². The molecule has 37 heavy (non-hydrogen) atoms. The Morgan fingerprint density at radius 3 is 2.41 bits per heavy atom.